The van der Waals surface area contributed by atoms with Crippen LogP contribution in [0.4, 0.5) is 16.2 Å². The Morgan fingerprint density at radius 3 is 1.88 bits per heavy atom. The average molecular weight is 397 g/mol. The standard InChI is InChI=1S/C16H19N3O5S2/c1-19(2)16(20)17-12-8-4-5-9-13(12)18-26(23,24)15-11-7-6-10-14(15)25(3,21)22/h4-11,18H,1-3H3,(H,17,20). The third kappa shape index (κ3) is 4.52. The van der Waals surface area contributed by atoms with E-state index in [4.69, 9.17) is 0 Å². The molecule has 0 fully saturated rings. The van der Waals surface area contributed by atoms with Gasteiger partial charge in [-0.3, -0.25) is 4.72 Å². The number of urea groups is 1. The average Bonchev–Trinajstić information content (AvgIpc) is 2.55. The van der Waals surface area contributed by atoms with Gasteiger partial charge in [0.2, 0.25) is 0 Å². The first-order valence-corrected chi connectivity index (χ1v) is 10.8. The molecule has 0 aliphatic heterocycles. The summed E-state index contributed by atoms with van der Waals surface area (Å²) in [7, 11) is -4.85. The molecule has 2 amide bonds. The number of nitrogens with one attached hydrogen (secondary N) is 2. The van der Waals surface area contributed by atoms with Crippen LogP contribution in [0.15, 0.2) is 58.3 Å². The van der Waals surface area contributed by atoms with E-state index in [9.17, 15) is 21.6 Å². The number of rotatable bonds is 5. The molecule has 0 aliphatic rings. The molecule has 0 heterocycles. The molecule has 10 heteroatoms. The molecule has 0 unspecified atom stereocenters. The summed E-state index contributed by atoms with van der Waals surface area (Å²) in [6.07, 6.45) is 0.937. The van der Waals surface area contributed by atoms with Crippen LogP contribution in [-0.2, 0) is 19.9 Å². The molecule has 0 aromatic heterocycles. The Morgan fingerprint density at radius 1 is 0.846 bits per heavy atom. The van der Waals surface area contributed by atoms with E-state index in [1.807, 2.05) is 0 Å². The van der Waals surface area contributed by atoms with Gasteiger partial charge < -0.3 is 10.2 Å². The number of para-hydroxylation sites is 2. The van der Waals surface area contributed by atoms with Crippen molar-refractivity contribution in [3.05, 3.63) is 48.5 Å². The number of hydrogen-bond acceptors (Lipinski definition) is 5. The van der Waals surface area contributed by atoms with Crippen molar-refractivity contribution in [3.8, 4) is 0 Å². The van der Waals surface area contributed by atoms with Gasteiger partial charge in [-0.15, -0.1) is 0 Å². The molecule has 0 bridgehead atoms. The molecule has 2 N–H and O–H groups in total. The largest absolute Gasteiger partial charge is 0.331 e. The van der Waals surface area contributed by atoms with Crippen molar-refractivity contribution in [2.24, 2.45) is 0 Å². The highest BCUT2D eigenvalue weighted by Crippen LogP contribution is 2.27. The fourth-order valence-corrected chi connectivity index (χ4v) is 4.80. The van der Waals surface area contributed by atoms with E-state index in [-0.39, 0.29) is 21.2 Å². The summed E-state index contributed by atoms with van der Waals surface area (Å²) in [5, 5.41) is 2.57. The lowest BCUT2D eigenvalue weighted by atomic mass is 10.3. The number of sulfonamides is 1. The van der Waals surface area contributed by atoms with Crippen molar-refractivity contribution in [3.63, 3.8) is 0 Å². The van der Waals surface area contributed by atoms with Gasteiger partial charge in [-0.2, -0.15) is 0 Å². The monoisotopic (exact) mass is 397 g/mol. The third-order valence-electron chi connectivity index (χ3n) is 3.36. The third-order valence-corrected chi connectivity index (χ3v) is 6.07. The predicted molar refractivity (Wildman–Crippen MR) is 99.5 cm³/mol. The Labute approximate surface area is 152 Å². The molecular weight excluding hydrogens is 378 g/mol. The molecule has 2 rings (SSSR count). The number of hydrogen-bond donors (Lipinski definition) is 2. The Bertz CT molecular complexity index is 1030. The maximum atomic E-state index is 12.7. The summed E-state index contributed by atoms with van der Waals surface area (Å²) in [4.78, 5) is 12.5. The van der Waals surface area contributed by atoms with Crippen LogP contribution in [-0.4, -0.2) is 48.1 Å². The number of anilines is 2. The number of carbonyl (C=O) groups excluding carboxylic acids is 1. The fraction of sp³-hybridized carbons (Fsp3) is 0.188. The van der Waals surface area contributed by atoms with Gasteiger partial charge >= 0.3 is 6.03 Å². The van der Waals surface area contributed by atoms with Crippen molar-refractivity contribution in [2.45, 2.75) is 9.79 Å². The van der Waals surface area contributed by atoms with E-state index in [0.717, 1.165) is 6.26 Å². The van der Waals surface area contributed by atoms with Crippen molar-refractivity contribution < 1.29 is 21.6 Å². The van der Waals surface area contributed by atoms with E-state index in [2.05, 4.69) is 10.0 Å². The first-order chi connectivity index (χ1) is 12.0. The Balaban J connectivity index is 2.45. The molecule has 0 aliphatic carbocycles. The smallest absolute Gasteiger partial charge is 0.321 e. The number of carbonyl (C=O) groups is 1. The SMILES string of the molecule is CN(C)C(=O)Nc1ccccc1NS(=O)(=O)c1ccccc1S(C)(=O)=O. The second-order valence-electron chi connectivity index (χ2n) is 5.69. The molecule has 140 valence electrons. The molecule has 0 saturated carbocycles. The second-order valence-corrected chi connectivity index (χ2v) is 9.33. The molecule has 0 atom stereocenters. The minimum Gasteiger partial charge on any atom is -0.331 e. The summed E-state index contributed by atoms with van der Waals surface area (Å²) in [5.41, 5.74) is 0.359. The van der Waals surface area contributed by atoms with Gasteiger partial charge in [-0.05, 0) is 24.3 Å². The van der Waals surface area contributed by atoms with E-state index in [1.165, 1.54) is 41.3 Å². The molecule has 0 radical (unpaired) electrons. The van der Waals surface area contributed by atoms with Crippen LogP contribution in [0, 0.1) is 0 Å². The molecular formula is C16H19N3O5S2. The number of nitrogens with zero attached hydrogens (tertiary/aromatic N) is 1. The maximum absolute atomic E-state index is 12.7. The van der Waals surface area contributed by atoms with Gasteiger partial charge in [0, 0.05) is 20.4 Å². The zero-order valence-corrected chi connectivity index (χ0v) is 16.1. The van der Waals surface area contributed by atoms with Crippen LogP contribution < -0.4 is 10.0 Å². The van der Waals surface area contributed by atoms with Gasteiger partial charge in [0.15, 0.2) is 9.84 Å². The zero-order chi connectivity index (χ0) is 19.5. The summed E-state index contributed by atoms with van der Waals surface area (Å²) in [6.45, 7) is 0. The lowest BCUT2D eigenvalue weighted by molar-refractivity contribution is 0.230. The van der Waals surface area contributed by atoms with Crippen LogP contribution in [0.5, 0.6) is 0 Å². The van der Waals surface area contributed by atoms with Crippen LogP contribution in [0.25, 0.3) is 0 Å². The van der Waals surface area contributed by atoms with Crippen LogP contribution in [0.2, 0.25) is 0 Å². The van der Waals surface area contributed by atoms with Crippen LogP contribution >= 0.6 is 0 Å². The molecule has 2 aromatic carbocycles. The number of benzene rings is 2. The molecule has 2 aromatic rings. The van der Waals surface area contributed by atoms with Crippen LogP contribution in [0.3, 0.4) is 0 Å². The molecule has 0 saturated heterocycles. The van der Waals surface area contributed by atoms with Crippen molar-refractivity contribution in [2.75, 3.05) is 30.4 Å². The van der Waals surface area contributed by atoms with Crippen molar-refractivity contribution in [1.29, 1.82) is 0 Å². The van der Waals surface area contributed by atoms with Gasteiger partial charge in [0.1, 0.15) is 4.90 Å². The summed E-state index contributed by atoms with van der Waals surface area (Å²) in [6, 6.07) is 11.1. The maximum Gasteiger partial charge on any atom is 0.321 e. The minimum absolute atomic E-state index is 0.117. The summed E-state index contributed by atoms with van der Waals surface area (Å²) < 4.78 is 51.6. The Morgan fingerprint density at radius 2 is 1.35 bits per heavy atom. The lowest BCUT2D eigenvalue weighted by Crippen LogP contribution is -2.28. The Hall–Kier alpha value is -2.59. The van der Waals surface area contributed by atoms with E-state index >= 15 is 0 Å². The van der Waals surface area contributed by atoms with Gasteiger partial charge in [-0.1, -0.05) is 24.3 Å². The number of amides is 2. The normalized spacial score (nSPS) is 11.7. The van der Waals surface area contributed by atoms with Gasteiger partial charge in [-0.25, -0.2) is 21.6 Å². The first kappa shape index (κ1) is 19.7. The fourth-order valence-electron chi connectivity index (χ4n) is 2.09. The number of sulfone groups is 1. The summed E-state index contributed by atoms with van der Waals surface area (Å²) >= 11 is 0. The van der Waals surface area contributed by atoms with E-state index in [1.54, 1.807) is 26.2 Å². The lowest BCUT2D eigenvalue weighted by Gasteiger charge is -2.17. The van der Waals surface area contributed by atoms with Crippen molar-refractivity contribution >= 4 is 37.3 Å². The Kier molecular flexibility index (Phi) is 5.57. The van der Waals surface area contributed by atoms with Crippen LogP contribution in [0.1, 0.15) is 0 Å². The predicted octanol–water partition coefficient (Wildman–Crippen LogP) is 1.98. The molecule has 0 spiro atoms. The highest BCUT2D eigenvalue weighted by atomic mass is 32.2. The quantitative estimate of drug-likeness (QED) is 0.801. The van der Waals surface area contributed by atoms with E-state index in [0.29, 0.717) is 0 Å². The highest BCUT2D eigenvalue weighted by molar-refractivity contribution is 7.95. The molecule has 8 nitrogen and oxygen atoms in total. The van der Waals surface area contributed by atoms with Gasteiger partial charge in [0.05, 0.1) is 16.3 Å². The van der Waals surface area contributed by atoms with Crippen molar-refractivity contribution in [1.82, 2.24) is 4.90 Å². The second kappa shape index (κ2) is 7.34. The zero-order valence-electron chi connectivity index (χ0n) is 14.4. The highest BCUT2D eigenvalue weighted by Gasteiger charge is 2.24. The first-order valence-electron chi connectivity index (χ1n) is 7.41. The summed E-state index contributed by atoms with van der Waals surface area (Å²) in [5.74, 6) is 0. The minimum atomic E-state index is -4.20. The van der Waals surface area contributed by atoms with E-state index < -0.39 is 25.9 Å². The molecule has 26 heavy (non-hydrogen) atoms. The van der Waals surface area contributed by atoms with Gasteiger partial charge in [0.25, 0.3) is 10.0 Å². The topological polar surface area (TPSA) is 113 Å².